The lowest BCUT2D eigenvalue weighted by Crippen LogP contribution is -2.15. The molecule has 0 amide bonds. The number of aryl methyl sites for hydroxylation is 4. The van der Waals surface area contributed by atoms with Crippen molar-refractivity contribution < 1.29 is 0 Å². The summed E-state index contributed by atoms with van der Waals surface area (Å²) in [5.74, 6) is 0.0867. The predicted molar refractivity (Wildman–Crippen MR) is 87.3 cm³/mol. The average molecular weight is 297 g/mol. The SMILES string of the molecule is Cc1cc(Sc2ccc3c(c2)CCC3)c(C(=N)N)c(C)n1. The Hall–Kier alpha value is -1.81. The number of fused-ring (bicyclic) bond motifs is 1. The third-order valence-corrected chi connectivity index (χ3v) is 4.89. The first-order valence-corrected chi connectivity index (χ1v) is 7.98. The molecule has 0 atom stereocenters. The number of aromatic nitrogens is 1. The second-order valence-corrected chi connectivity index (χ2v) is 6.64. The van der Waals surface area contributed by atoms with Crippen LogP contribution in [0.4, 0.5) is 0 Å². The summed E-state index contributed by atoms with van der Waals surface area (Å²) in [6.07, 6.45) is 3.64. The molecular formula is C17H19N3S. The summed E-state index contributed by atoms with van der Waals surface area (Å²) >= 11 is 1.68. The summed E-state index contributed by atoms with van der Waals surface area (Å²) in [5, 5.41) is 7.80. The average Bonchev–Trinajstić information content (AvgIpc) is 2.84. The number of benzene rings is 1. The van der Waals surface area contributed by atoms with Crippen LogP contribution in [0.15, 0.2) is 34.1 Å². The van der Waals surface area contributed by atoms with Crippen molar-refractivity contribution in [2.45, 2.75) is 42.9 Å². The van der Waals surface area contributed by atoms with Crippen LogP contribution >= 0.6 is 11.8 Å². The monoisotopic (exact) mass is 297 g/mol. The molecule has 0 saturated carbocycles. The zero-order chi connectivity index (χ0) is 15.0. The van der Waals surface area contributed by atoms with Crippen LogP contribution in [0.1, 0.15) is 34.5 Å². The Balaban J connectivity index is 1.99. The second kappa shape index (κ2) is 5.53. The topological polar surface area (TPSA) is 62.8 Å². The Bertz CT molecular complexity index is 722. The smallest absolute Gasteiger partial charge is 0.125 e. The number of nitrogens with one attached hydrogen (secondary N) is 1. The number of rotatable bonds is 3. The van der Waals surface area contributed by atoms with Gasteiger partial charge in [-0.15, -0.1) is 0 Å². The molecule has 0 saturated heterocycles. The lowest BCUT2D eigenvalue weighted by molar-refractivity contribution is 0.911. The number of amidine groups is 1. The maximum absolute atomic E-state index is 7.80. The maximum Gasteiger partial charge on any atom is 0.125 e. The molecule has 1 heterocycles. The number of nitrogens with zero attached hydrogens (tertiary/aromatic N) is 1. The highest BCUT2D eigenvalue weighted by Gasteiger charge is 2.15. The van der Waals surface area contributed by atoms with Crippen molar-refractivity contribution in [2.24, 2.45) is 5.73 Å². The fourth-order valence-corrected chi connectivity index (χ4v) is 4.12. The lowest BCUT2D eigenvalue weighted by Gasteiger charge is -2.12. The van der Waals surface area contributed by atoms with Crippen LogP contribution in [0.25, 0.3) is 0 Å². The first-order valence-electron chi connectivity index (χ1n) is 7.17. The lowest BCUT2D eigenvalue weighted by atomic mass is 10.1. The number of nitrogens with two attached hydrogens (primary N) is 1. The van der Waals surface area contributed by atoms with Crippen LogP contribution in [0.2, 0.25) is 0 Å². The van der Waals surface area contributed by atoms with Crippen LogP contribution in [0, 0.1) is 19.3 Å². The molecule has 3 N–H and O–H groups in total. The molecule has 0 fully saturated rings. The van der Waals surface area contributed by atoms with Crippen molar-refractivity contribution in [1.29, 1.82) is 5.41 Å². The van der Waals surface area contributed by atoms with Gasteiger partial charge in [0.05, 0.1) is 5.56 Å². The van der Waals surface area contributed by atoms with E-state index in [1.165, 1.54) is 35.3 Å². The minimum absolute atomic E-state index is 0.0867. The van der Waals surface area contributed by atoms with E-state index < -0.39 is 0 Å². The van der Waals surface area contributed by atoms with Crippen LogP contribution in [0.3, 0.4) is 0 Å². The van der Waals surface area contributed by atoms with E-state index in [-0.39, 0.29) is 5.84 Å². The highest BCUT2D eigenvalue weighted by atomic mass is 32.2. The summed E-state index contributed by atoms with van der Waals surface area (Å²) in [6, 6.07) is 8.70. The van der Waals surface area contributed by atoms with Gasteiger partial charge < -0.3 is 5.73 Å². The summed E-state index contributed by atoms with van der Waals surface area (Å²) in [4.78, 5) is 6.65. The van der Waals surface area contributed by atoms with E-state index in [0.29, 0.717) is 0 Å². The quantitative estimate of drug-likeness (QED) is 0.672. The largest absolute Gasteiger partial charge is 0.384 e. The molecule has 1 aliphatic carbocycles. The van der Waals surface area contributed by atoms with Gasteiger partial charge in [0.1, 0.15) is 5.84 Å². The van der Waals surface area contributed by atoms with Gasteiger partial charge in [0.15, 0.2) is 0 Å². The Morgan fingerprint density at radius 1 is 1.19 bits per heavy atom. The molecule has 2 aromatic rings. The minimum Gasteiger partial charge on any atom is -0.384 e. The Kier molecular flexibility index (Phi) is 3.72. The molecule has 0 bridgehead atoms. The minimum atomic E-state index is 0.0867. The third-order valence-electron chi connectivity index (χ3n) is 3.86. The van der Waals surface area contributed by atoms with Gasteiger partial charge in [-0.3, -0.25) is 10.4 Å². The molecule has 1 aromatic carbocycles. The Morgan fingerprint density at radius 2 is 1.95 bits per heavy atom. The van der Waals surface area contributed by atoms with Gasteiger partial charge in [-0.25, -0.2) is 0 Å². The molecule has 108 valence electrons. The Labute approximate surface area is 129 Å². The fraction of sp³-hybridized carbons (Fsp3) is 0.294. The normalized spacial score (nSPS) is 13.2. The van der Waals surface area contributed by atoms with Gasteiger partial charge in [0, 0.05) is 21.2 Å². The van der Waals surface area contributed by atoms with Gasteiger partial charge in [-0.1, -0.05) is 17.8 Å². The molecule has 1 aliphatic rings. The van der Waals surface area contributed by atoms with Gasteiger partial charge in [-0.05, 0) is 62.4 Å². The standard InChI is InChI=1S/C17H19N3S/c1-10-8-15(16(17(18)19)11(2)20-10)21-14-7-6-12-4-3-5-13(12)9-14/h6-9H,3-5H2,1-2H3,(H3,18,19). The summed E-state index contributed by atoms with van der Waals surface area (Å²) in [6.45, 7) is 3.89. The summed E-state index contributed by atoms with van der Waals surface area (Å²) in [7, 11) is 0. The zero-order valence-electron chi connectivity index (χ0n) is 12.4. The van der Waals surface area contributed by atoms with Crippen LogP contribution < -0.4 is 5.73 Å². The molecular weight excluding hydrogens is 278 g/mol. The first kappa shape index (κ1) is 14.1. The van der Waals surface area contributed by atoms with Crippen LogP contribution in [0.5, 0.6) is 0 Å². The van der Waals surface area contributed by atoms with Crippen LogP contribution in [-0.4, -0.2) is 10.8 Å². The number of hydrogen-bond acceptors (Lipinski definition) is 3. The highest BCUT2D eigenvalue weighted by molar-refractivity contribution is 7.99. The van der Waals surface area contributed by atoms with E-state index in [0.717, 1.165) is 21.8 Å². The van der Waals surface area contributed by atoms with Crippen LogP contribution in [-0.2, 0) is 12.8 Å². The Morgan fingerprint density at radius 3 is 2.71 bits per heavy atom. The van der Waals surface area contributed by atoms with E-state index in [4.69, 9.17) is 11.1 Å². The van der Waals surface area contributed by atoms with Gasteiger partial charge in [0.25, 0.3) is 0 Å². The van der Waals surface area contributed by atoms with E-state index in [9.17, 15) is 0 Å². The van der Waals surface area contributed by atoms with Gasteiger partial charge in [-0.2, -0.15) is 0 Å². The van der Waals surface area contributed by atoms with E-state index >= 15 is 0 Å². The molecule has 0 radical (unpaired) electrons. The van der Waals surface area contributed by atoms with Crippen molar-refractivity contribution in [2.75, 3.05) is 0 Å². The van der Waals surface area contributed by atoms with Crippen molar-refractivity contribution in [3.05, 3.63) is 52.3 Å². The number of pyridine rings is 1. The first-order chi connectivity index (χ1) is 10.0. The second-order valence-electron chi connectivity index (χ2n) is 5.52. The van der Waals surface area contributed by atoms with Crippen molar-refractivity contribution in [3.8, 4) is 0 Å². The molecule has 0 unspecified atom stereocenters. The molecule has 4 heteroatoms. The molecule has 3 nitrogen and oxygen atoms in total. The molecule has 0 spiro atoms. The van der Waals surface area contributed by atoms with Gasteiger partial charge >= 0.3 is 0 Å². The fourth-order valence-electron chi connectivity index (χ4n) is 2.94. The predicted octanol–water partition coefficient (Wildman–Crippen LogP) is 3.62. The van der Waals surface area contributed by atoms with Crippen molar-refractivity contribution in [1.82, 2.24) is 4.98 Å². The molecule has 3 rings (SSSR count). The molecule has 0 aliphatic heterocycles. The highest BCUT2D eigenvalue weighted by Crippen LogP contribution is 2.34. The van der Waals surface area contributed by atoms with E-state index in [1.807, 2.05) is 19.9 Å². The molecule has 1 aromatic heterocycles. The van der Waals surface area contributed by atoms with E-state index in [1.54, 1.807) is 11.8 Å². The summed E-state index contributed by atoms with van der Waals surface area (Å²) in [5.41, 5.74) is 11.2. The maximum atomic E-state index is 7.80. The number of hydrogen-bond donors (Lipinski definition) is 2. The molecule has 21 heavy (non-hydrogen) atoms. The zero-order valence-corrected chi connectivity index (χ0v) is 13.2. The number of nitrogen functional groups attached to an aromatic ring is 1. The van der Waals surface area contributed by atoms with Crippen molar-refractivity contribution >= 4 is 17.6 Å². The van der Waals surface area contributed by atoms with Gasteiger partial charge in [0.2, 0.25) is 0 Å². The van der Waals surface area contributed by atoms with Crippen molar-refractivity contribution in [3.63, 3.8) is 0 Å². The third kappa shape index (κ3) is 2.81. The van der Waals surface area contributed by atoms with E-state index in [2.05, 4.69) is 23.2 Å². The summed E-state index contributed by atoms with van der Waals surface area (Å²) < 4.78 is 0.